The number of hydrogen-bond acceptors (Lipinski definition) is 5. The van der Waals surface area contributed by atoms with Gasteiger partial charge in [0.15, 0.2) is 0 Å². The van der Waals surface area contributed by atoms with E-state index < -0.39 is 12.1 Å². The van der Waals surface area contributed by atoms with E-state index in [1.807, 2.05) is 6.08 Å². The quantitative estimate of drug-likeness (QED) is 0.0321. The van der Waals surface area contributed by atoms with Crippen LogP contribution in [0.25, 0.3) is 0 Å². The maximum absolute atomic E-state index is 12.4. The Balaban J connectivity index is 3.39. The fraction of sp³-hybridized carbons (Fsp3) is 0.897. The van der Waals surface area contributed by atoms with Crippen LogP contribution in [0.1, 0.15) is 309 Å². The van der Waals surface area contributed by atoms with Gasteiger partial charge in [-0.15, -0.1) is 0 Å². The second-order valence-corrected chi connectivity index (χ2v) is 19.6. The molecule has 0 radical (unpaired) electrons. The highest BCUT2D eigenvalue weighted by Gasteiger charge is 2.18. The molecule has 0 aliphatic rings. The Morgan fingerprint density at radius 1 is 0.422 bits per heavy atom. The summed E-state index contributed by atoms with van der Waals surface area (Å²) in [4.78, 5) is 24.4. The van der Waals surface area contributed by atoms with Gasteiger partial charge < -0.3 is 20.3 Å². The summed E-state index contributed by atoms with van der Waals surface area (Å²) >= 11 is 0. The van der Waals surface area contributed by atoms with Crippen LogP contribution in [0.5, 0.6) is 0 Å². The highest BCUT2D eigenvalue weighted by atomic mass is 16.5. The number of aliphatic hydroxyl groups excluding tert-OH is 2. The second-order valence-electron chi connectivity index (χ2n) is 19.6. The van der Waals surface area contributed by atoms with E-state index >= 15 is 0 Å². The number of aliphatic hydroxyl groups is 2. The summed E-state index contributed by atoms with van der Waals surface area (Å²) in [5, 5.41) is 23.0. The molecule has 0 fully saturated rings. The number of hydrogen-bond donors (Lipinski definition) is 3. The van der Waals surface area contributed by atoms with Crippen LogP contribution in [0.3, 0.4) is 0 Å². The summed E-state index contributed by atoms with van der Waals surface area (Å²) in [5.74, 6) is -0.0628. The molecule has 378 valence electrons. The van der Waals surface area contributed by atoms with Gasteiger partial charge in [-0.05, 0) is 57.8 Å². The summed E-state index contributed by atoms with van der Waals surface area (Å²) in [7, 11) is 0. The topological polar surface area (TPSA) is 95.9 Å². The van der Waals surface area contributed by atoms with Crippen LogP contribution in [0.4, 0.5) is 0 Å². The molecule has 0 aromatic heterocycles. The van der Waals surface area contributed by atoms with Gasteiger partial charge in [-0.25, -0.2) is 0 Å². The summed E-state index contributed by atoms with van der Waals surface area (Å²) in [5.41, 5.74) is 0. The van der Waals surface area contributed by atoms with E-state index in [0.717, 1.165) is 44.9 Å². The highest BCUT2D eigenvalue weighted by Crippen LogP contribution is 2.16. The maximum Gasteiger partial charge on any atom is 0.305 e. The number of carbonyl (C=O) groups is 2. The Hall–Kier alpha value is -1.66. The number of amides is 1. The Morgan fingerprint density at radius 3 is 1.11 bits per heavy atom. The molecule has 0 saturated heterocycles. The van der Waals surface area contributed by atoms with Crippen LogP contribution in [0.15, 0.2) is 24.3 Å². The van der Waals surface area contributed by atoms with E-state index in [9.17, 15) is 19.8 Å². The minimum Gasteiger partial charge on any atom is -0.466 e. The van der Waals surface area contributed by atoms with Crippen molar-refractivity contribution in [3.8, 4) is 0 Å². The fourth-order valence-electron chi connectivity index (χ4n) is 8.81. The van der Waals surface area contributed by atoms with Crippen LogP contribution in [-0.2, 0) is 14.3 Å². The van der Waals surface area contributed by atoms with Gasteiger partial charge in [0, 0.05) is 12.8 Å². The van der Waals surface area contributed by atoms with Crippen molar-refractivity contribution in [2.75, 3.05) is 13.2 Å². The van der Waals surface area contributed by atoms with Crippen LogP contribution in [-0.4, -0.2) is 47.4 Å². The number of allylic oxidation sites excluding steroid dienone is 3. The Kier molecular flexibility index (Phi) is 52.6. The molecular formula is C58H111NO5. The molecule has 0 aromatic rings. The predicted octanol–water partition coefficient (Wildman–Crippen LogP) is 17.5. The van der Waals surface area contributed by atoms with E-state index in [1.54, 1.807) is 6.08 Å². The van der Waals surface area contributed by atoms with Gasteiger partial charge in [-0.2, -0.15) is 0 Å². The lowest BCUT2D eigenvalue weighted by Gasteiger charge is -2.20. The molecule has 6 nitrogen and oxygen atoms in total. The predicted molar refractivity (Wildman–Crippen MR) is 278 cm³/mol. The third-order valence-corrected chi connectivity index (χ3v) is 13.2. The largest absolute Gasteiger partial charge is 0.466 e. The lowest BCUT2D eigenvalue weighted by atomic mass is 10.0. The summed E-state index contributed by atoms with van der Waals surface area (Å²) in [6.07, 6.45) is 64.9. The lowest BCUT2D eigenvalue weighted by Crippen LogP contribution is -2.45. The van der Waals surface area contributed by atoms with Gasteiger partial charge in [0.2, 0.25) is 5.91 Å². The number of nitrogens with one attached hydrogen (secondary N) is 1. The Labute approximate surface area is 399 Å². The van der Waals surface area contributed by atoms with Crippen molar-refractivity contribution >= 4 is 11.9 Å². The molecule has 0 heterocycles. The van der Waals surface area contributed by atoms with Crippen LogP contribution >= 0.6 is 0 Å². The van der Waals surface area contributed by atoms with Crippen molar-refractivity contribution in [3.05, 3.63) is 24.3 Å². The summed E-state index contributed by atoms with van der Waals surface area (Å²) in [6, 6.07) is -0.630. The minimum atomic E-state index is -0.846. The third kappa shape index (κ3) is 49.8. The molecular weight excluding hydrogens is 791 g/mol. The molecule has 1 amide bonds. The molecule has 3 N–H and O–H groups in total. The van der Waals surface area contributed by atoms with Crippen LogP contribution in [0, 0.1) is 0 Å². The van der Waals surface area contributed by atoms with Crippen LogP contribution < -0.4 is 5.32 Å². The van der Waals surface area contributed by atoms with Crippen molar-refractivity contribution in [2.45, 2.75) is 321 Å². The maximum atomic E-state index is 12.4. The zero-order valence-corrected chi connectivity index (χ0v) is 43.0. The molecule has 2 atom stereocenters. The zero-order valence-electron chi connectivity index (χ0n) is 43.0. The van der Waals surface area contributed by atoms with Gasteiger partial charge in [0.1, 0.15) is 0 Å². The van der Waals surface area contributed by atoms with E-state index in [-0.39, 0.29) is 18.5 Å². The molecule has 6 heteroatoms. The molecule has 0 spiro atoms. The summed E-state index contributed by atoms with van der Waals surface area (Å²) in [6.45, 7) is 4.89. The molecule has 2 unspecified atom stereocenters. The molecule has 0 aliphatic carbocycles. The average molecular weight is 903 g/mol. The number of esters is 1. The first-order valence-electron chi connectivity index (χ1n) is 28.6. The van der Waals surface area contributed by atoms with E-state index in [1.165, 1.54) is 238 Å². The molecule has 0 saturated carbocycles. The number of carbonyl (C=O) groups excluding carboxylic acids is 2. The SMILES string of the molecule is CCCCCCCCCC/C=C/C(O)C(CO)NC(=O)CCCCCCCCC/C=C\CCCCCCCCCCCCCCOC(=O)CCCCCCCCCCCCCCCC. The number of ether oxygens (including phenoxy) is 1. The first kappa shape index (κ1) is 62.3. The minimum absolute atomic E-state index is 0.0131. The highest BCUT2D eigenvalue weighted by molar-refractivity contribution is 5.76. The van der Waals surface area contributed by atoms with E-state index in [0.29, 0.717) is 19.4 Å². The summed E-state index contributed by atoms with van der Waals surface area (Å²) < 4.78 is 5.48. The molecule has 64 heavy (non-hydrogen) atoms. The van der Waals surface area contributed by atoms with Crippen LogP contribution in [0.2, 0.25) is 0 Å². The van der Waals surface area contributed by atoms with Crippen molar-refractivity contribution in [2.24, 2.45) is 0 Å². The average Bonchev–Trinajstić information content (AvgIpc) is 3.29. The zero-order chi connectivity index (χ0) is 46.5. The normalized spacial score (nSPS) is 12.8. The standard InChI is InChI=1S/C58H111NO5/c1-3-5-7-9-11-13-15-16-29-32-36-40-44-48-52-58(63)64-53-49-45-41-37-33-30-27-25-23-21-19-17-18-20-22-24-26-28-31-35-39-43-47-51-57(62)59-55(54-60)56(61)50-46-42-38-34-14-12-10-8-6-4-2/h20,22,46,50,55-56,60-61H,3-19,21,23-45,47-49,51-54H2,1-2H3,(H,59,62)/b22-20-,50-46+. The van der Waals surface area contributed by atoms with Gasteiger partial charge in [0.25, 0.3) is 0 Å². The monoisotopic (exact) mass is 902 g/mol. The smallest absolute Gasteiger partial charge is 0.305 e. The van der Waals surface area contributed by atoms with E-state index in [4.69, 9.17) is 4.74 Å². The Morgan fingerprint density at radius 2 is 0.734 bits per heavy atom. The molecule has 0 rings (SSSR count). The molecule has 0 bridgehead atoms. The molecule has 0 aliphatic heterocycles. The lowest BCUT2D eigenvalue weighted by molar-refractivity contribution is -0.143. The number of rotatable bonds is 53. The van der Waals surface area contributed by atoms with Crippen molar-refractivity contribution in [1.82, 2.24) is 5.32 Å². The first-order valence-corrected chi connectivity index (χ1v) is 28.6. The number of unbranched alkanes of at least 4 members (excludes halogenated alkanes) is 40. The van der Waals surface area contributed by atoms with Crippen molar-refractivity contribution < 1.29 is 24.5 Å². The van der Waals surface area contributed by atoms with Gasteiger partial charge in [0.05, 0.1) is 25.4 Å². The second kappa shape index (κ2) is 54.0. The van der Waals surface area contributed by atoms with Crippen molar-refractivity contribution in [1.29, 1.82) is 0 Å². The van der Waals surface area contributed by atoms with Gasteiger partial charge >= 0.3 is 5.97 Å². The third-order valence-electron chi connectivity index (χ3n) is 13.2. The Bertz CT molecular complexity index is 997. The fourth-order valence-corrected chi connectivity index (χ4v) is 8.81. The first-order chi connectivity index (χ1) is 31.5. The molecule has 0 aromatic carbocycles. The van der Waals surface area contributed by atoms with E-state index in [2.05, 4.69) is 31.3 Å². The van der Waals surface area contributed by atoms with Crippen molar-refractivity contribution in [3.63, 3.8) is 0 Å². The van der Waals surface area contributed by atoms with Gasteiger partial charge in [-0.1, -0.05) is 263 Å². The van der Waals surface area contributed by atoms with Gasteiger partial charge in [-0.3, -0.25) is 9.59 Å².